The minimum Gasteiger partial charge on any atom is -0.339 e. The molecule has 3 aromatic carbocycles. The van der Waals surface area contributed by atoms with E-state index in [1.807, 2.05) is 30.3 Å². The molecule has 0 atom stereocenters. The zero-order chi connectivity index (χ0) is 31.6. The second-order valence-electron chi connectivity index (χ2n) is 11.1. The smallest absolute Gasteiger partial charge is 0.339 e. The summed E-state index contributed by atoms with van der Waals surface area (Å²) in [5.74, 6) is 0. The molecule has 0 saturated carbocycles. The standard InChI is InChI=1S/C32H33N7O5S/c33-20-23-7-9-26(10-8-23)37-21-25-19-30(35-31(25)36-32(37)40)24-4-2-6-29(18-24)45(43,44)38(27-11-14-34-15-12-27)16-13-22-3-1-5-28(17-22)39(41)42/h1-10,17-19,21,27,34H,11-16,20,33H2,(H,35,36,40). The molecule has 4 N–H and O–H groups in total. The Morgan fingerprint density at radius 1 is 1.00 bits per heavy atom. The van der Waals surface area contributed by atoms with Crippen molar-refractivity contribution in [2.75, 3.05) is 19.6 Å². The average Bonchev–Trinajstić information content (AvgIpc) is 3.48. The molecule has 1 saturated heterocycles. The minimum atomic E-state index is -3.93. The molecule has 6 rings (SSSR count). The highest BCUT2D eigenvalue weighted by Crippen LogP contribution is 2.29. The molecular formula is C32H33N7O5S. The first-order valence-electron chi connectivity index (χ1n) is 14.7. The molecule has 0 unspecified atom stereocenters. The van der Waals surface area contributed by atoms with Gasteiger partial charge in [-0.05, 0) is 79.4 Å². The molecule has 13 heteroatoms. The third-order valence-corrected chi connectivity index (χ3v) is 10.1. The van der Waals surface area contributed by atoms with Gasteiger partial charge in [0.25, 0.3) is 5.69 Å². The number of rotatable bonds is 10. The van der Waals surface area contributed by atoms with Crippen LogP contribution in [-0.2, 0) is 23.0 Å². The Morgan fingerprint density at radius 3 is 2.49 bits per heavy atom. The highest BCUT2D eigenvalue weighted by Gasteiger charge is 2.32. The maximum atomic E-state index is 14.2. The van der Waals surface area contributed by atoms with Gasteiger partial charge < -0.3 is 16.0 Å². The monoisotopic (exact) mass is 627 g/mol. The zero-order valence-corrected chi connectivity index (χ0v) is 25.2. The van der Waals surface area contributed by atoms with Gasteiger partial charge in [-0.1, -0.05) is 36.4 Å². The van der Waals surface area contributed by atoms with Crippen LogP contribution in [0.1, 0.15) is 24.0 Å². The van der Waals surface area contributed by atoms with Crippen molar-refractivity contribution in [3.63, 3.8) is 0 Å². The first-order valence-corrected chi connectivity index (χ1v) is 16.1. The Morgan fingerprint density at radius 2 is 1.76 bits per heavy atom. The summed E-state index contributed by atoms with van der Waals surface area (Å²) in [5, 5.41) is 15.2. The fourth-order valence-corrected chi connectivity index (χ4v) is 7.48. The van der Waals surface area contributed by atoms with Crippen LogP contribution in [0.25, 0.3) is 28.0 Å². The fourth-order valence-electron chi connectivity index (χ4n) is 5.75. The summed E-state index contributed by atoms with van der Waals surface area (Å²) < 4.78 is 31.4. The molecule has 0 aliphatic carbocycles. The van der Waals surface area contributed by atoms with Gasteiger partial charge in [-0.3, -0.25) is 14.7 Å². The first kappa shape index (κ1) is 30.3. The third kappa shape index (κ3) is 6.42. The average molecular weight is 628 g/mol. The van der Waals surface area contributed by atoms with Crippen molar-refractivity contribution >= 4 is 26.7 Å². The van der Waals surface area contributed by atoms with E-state index in [0.29, 0.717) is 72.4 Å². The van der Waals surface area contributed by atoms with Crippen molar-refractivity contribution in [2.45, 2.75) is 36.7 Å². The van der Waals surface area contributed by atoms with Crippen LogP contribution in [0.15, 0.2) is 94.7 Å². The number of aromatic nitrogens is 3. The van der Waals surface area contributed by atoms with E-state index in [9.17, 15) is 23.3 Å². The van der Waals surface area contributed by atoms with Gasteiger partial charge in [0.2, 0.25) is 10.0 Å². The highest BCUT2D eigenvalue weighted by atomic mass is 32.2. The van der Waals surface area contributed by atoms with Crippen LogP contribution < -0.4 is 16.7 Å². The molecule has 1 fully saturated rings. The third-order valence-electron chi connectivity index (χ3n) is 8.17. The molecule has 232 valence electrons. The topological polar surface area (TPSA) is 169 Å². The highest BCUT2D eigenvalue weighted by molar-refractivity contribution is 7.89. The normalized spacial score (nSPS) is 14.3. The molecule has 1 aliphatic heterocycles. The second-order valence-corrected chi connectivity index (χ2v) is 12.9. The summed E-state index contributed by atoms with van der Waals surface area (Å²) in [6, 6.07) is 22.0. The molecule has 3 heterocycles. The molecule has 1 aliphatic rings. The summed E-state index contributed by atoms with van der Waals surface area (Å²) in [6.07, 6.45) is 3.36. The Balaban J connectivity index is 1.31. The van der Waals surface area contributed by atoms with Gasteiger partial charge in [0, 0.05) is 48.5 Å². The van der Waals surface area contributed by atoms with Gasteiger partial charge in [0.15, 0.2) is 0 Å². The maximum absolute atomic E-state index is 14.2. The number of nitro benzene ring substituents is 1. The number of hydrogen-bond acceptors (Lipinski definition) is 8. The fraction of sp³-hybridized carbons (Fsp3) is 0.250. The molecule has 0 amide bonds. The van der Waals surface area contributed by atoms with Crippen molar-refractivity contribution in [2.24, 2.45) is 5.73 Å². The van der Waals surface area contributed by atoms with E-state index in [4.69, 9.17) is 5.73 Å². The molecule has 0 spiro atoms. The summed E-state index contributed by atoms with van der Waals surface area (Å²) in [7, 11) is -3.93. The maximum Gasteiger partial charge on any atom is 0.354 e. The summed E-state index contributed by atoms with van der Waals surface area (Å²) in [4.78, 5) is 31.2. The van der Waals surface area contributed by atoms with Crippen LogP contribution >= 0.6 is 0 Å². The number of nitrogens with two attached hydrogens (primary N) is 1. The minimum absolute atomic E-state index is 0.0246. The van der Waals surface area contributed by atoms with Gasteiger partial charge in [-0.2, -0.15) is 9.29 Å². The Hall–Kier alpha value is -4.69. The van der Waals surface area contributed by atoms with E-state index in [0.717, 1.165) is 5.56 Å². The number of aromatic amines is 1. The van der Waals surface area contributed by atoms with Gasteiger partial charge in [-0.25, -0.2) is 13.2 Å². The van der Waals surface area contributed by atoms with Crippen LogP contribution in [0.5, 0.6) is 0 Å². The lowest BCUT2D eigenvalue weighted by Gasteiger charge is -2.34. The van der Waals surface area contributed by atoms with E-state index in [2.05, 4.69) is 15.3 Å². The van der Waals surface area contributed by atoms with Gasteiger partial charge in [-0.15, -0.1) is 0 Å². The lowest BCUT2D eigenvalue weighted by molar-refractivity contribution is -0.384. The number of fused-ring (bicyclic) bond motifs is 1. The quantitative estimate of drug-likeness (QED) is 0.155. The van der Waals surface area contributed by atoms with E-state index in [1.54, 1.807) is 46.9 Å². The van der Waals surface area contributed by atoms with Crippen LogP contribution in [0, 0.1) is 10.1 Å². The van der Waals surface area contributed by atoms with Gasteiger partial charge in [0.1, 0.15) is 5.65 Å². The Bertz CT molecular complexity index is 2020. The van der Waals surface area contributed by atoms with E-state index < -0.39 is 20.6 Å². The summed E-state index contributed by atoms with van der Waals surface area (Å²) in [5.41, 5.74) is 9.17. The van der Waals surface area contributed by atoms with E-state index in [-0.39, 0.29) is 23.2 Å². The van der Waals surface area contributed by atoms with Crippen molar-refractivity contribution < 1.29 is 13.3 Å². The van der Waals surface area contributed by atoms with Gasteiger partial charge in [0.05, 0.1) is 15.5 Å². The summed E-state index contributed by atoms with van der Waals surface area (Å²) in [6.45, 7) is 1.99. The number of nitrogens with zero attached hydrogens (tertiary/aromatic N) is 4. The summed E-state index contributed by atoms with van der Waals surface area (Å²) >= 11 is 0. The van der Waals surface area contributed by atoms with Crippen molar-refractivity contribution in [1.29, 1.82) is 0 Å². The molecular weight excluding hydrogens is 594 g/mol. The number of hydrogen-bond donors (Lipinski definition) is 3. The first-order chi connectivity index (χ1) is 21.7. The molecule has 0 bridgehead atoms. The predicted octanol–water partition coefficient (Wildman–Crippen LogP) is 3.73. The van der Waals surface area contributed by atoms with Crippen LogP contribution in [-0.4, -0.2) is 57.9 Å². The molecule has 0 radical (unpaired) electrons. The van der Waals surface area contributed by atoms with E-state index in [1.165, 1.54) is 16.7 Å². The second kappa shape index (κ2) is 12.7. The molecule has 5 aromatic rings. The zero-order valence-electron chi connectivity index (χ0n) is 24.4. The molecule has 12 nitrogen and oxygen atoms in total. The number of benzene rings is 3. The number of nitrogens with one attached hydrogen (secondary N) is 2. The SMILES string of the molecule is NCc1ccc(-n2cc3cc(-c4cccc(S(=O)(=O)N(CCc5cccc([N+](=O)[O-])c5)C5CCNCC5)c4)[nH]c3nc2=O)cc1. The van der Waals surface area contributed by atoms with Crippen LogP contribution in [0.4, 0.5) is 5.69 Å². The van der Waals surface area contributed by atoms with Crippen molar-refractivity contribution in [3.05, 3.63) is 117 Å². The molecule has 2 aromatic heterocycles. The number of piperidine rings is 1. The van der Waals surface area contributed by atoms with Gasteiger partial charge >= 0.3 is 5.69 Å². The number of nitro groups is 1. The lowest BCUT2D eigenvalue weighted by atomic mass is 10.1. The largest absolute Gasteiger partial charge is 0.354 e. The number of non-ortho nitro benzene ring substituents is 1. The predicted molar refractivity (Wildman–Crippen MR) is 172 cm³/mol. The Labute approximate surface area is 259 Å². The number of sulfonamides is 1. The lowest BCUT2D eigenvalue weighted by Crippen LogP contribution is -2.46. The molecule has 45 heavy (non-hydrogen) atoms. The van der Waals surface area contributed by atoms with Crippen LogP contribution in [0.2, 0.25) is 0 Å². The van der Waals surface area contributed by atoms with E-state index >= 15 is 0 Å². The van der Waals surface area contributed by atoms with Crippen LogP contribution in [0.3, 0.4) is 0 Å². The van der Waals surface area contributed by atoms with Crippen molar-refractivity contribution in [1.82, 2.24) is 24.2 Å². The number of H-pyrrole nitrogens is 1. The van der Waals surface area contributed by atoms with Crippen molar-refractivity contribution in [3.8, 4) is 16.9 Å². The Kier molecular flexibility index (Phi) is 8.59.